The van der Waals surface area contributed by atoms with Crippen molar-refractivity contribution in [2.75, 3.05) is 5.75 Å². The number of Topliss-reactive ketones (excluding diaryl/α,β-unsaturated/α-hetero) is 1. The van der Waals surface area contributed by atoms with Crippen molar-refractivity contribution in [1.82, 2.24) is 20.2 Å². The number of unbranched alkanes of at least 4 members (excludes halogenated alkanes) is 1. The fraction of sp³-hybridized carbons (Fsp3) is 0.385. The summed E-state index contributed by atoms with van der Waals surface area (Å²) in [5, 5.41) is 12.5. The maximum absolute atomic E-state index is 10.8. The number of thioether (sulfide) groups is 1. The number of nitrogens with zero attached hydrogens (tertiary/aromatic N) is 4. The SMILES string of the molecule is CC(=O)CCCCSc1nnnn1-c1ccccc1. The van der Waals surface area contributed by atoms with E-state index in [2.05, 4.69) is 15.5 Å². The van der Waals surface area contributed by atoms with E-state index in [9.17, 15) is 4.79 Å². The van der Waals surface area contributed by atoms with Gasteiger partial charge in [0.05, 0.1) is 5.69 Å². The first-order valence-electron chi connectivity index (χ1n) is 6.23. The van der Waals surface area contributed by atoms with Crippen molar-refractivity contribution in [3.8, 4) is 5.69 Å². The van der Waals surface area contributed by atoms with Gasteiger partial charge in [-0.25, -0.2) is 0 Å². The molecule has 0 radical (unpaired) electrons. The van der Waals surface area contributed by atoms with Crippen LogP contribution in [0.25, 0.3) is 5.69 Å². The van der Waals surface area contributed by atoms with Crippen molar-refractivity contribution >= 4 is 17.5 Å². The van der Waals surface area contributed by atoms with E-state index < -0.39 is 0 Å². The standard InChI is InChI=1S/C13H16N4OS/c1-11(18)7-5-6-10-19-13-14-15-16-17(13)12-8-3-2-4-9-12/h2-4,8-9H,5-7,10H2,1H3. The van der Waals surface area contributed by atoms with E-state index >= 15 is 0 Å². The lowest BCUT2D eigenvalue weighted by Gasteiger charge is -2.03. The predicted molar refractivity (Wildman–Crippen MR) is 74.4 cm³/mol. The number of ketones is 1. The summed E-state index contributed by atoms with van der Waals surface area (Å²) in [7, 11) is 0. The molecule has 6 heteroatoms. The second-order valence-corrected chi connectivity index (χ2v) is 5.28. The van der Waals surface area contributed by atoms with Gasteiger partial charge in [-0.1, -0.05) is 30.0 Å². The van der Waals surface area contributed by atoms with Crippen LogP contribution in [-0.4, -0.2) is 31.7 Å². The zero-order valence-corrected chi connectivity index (χ0v) is 11.6. The molecule has 5 nitrogen and oxygen atoms in total. The Bertz CT molecular complexity index is 526. The second kappa shape index (κ2) is 7.04. The van der Waals surface area contributed by atoms with Crippen molar-refractivity contribution in [3.05, 3.63) is 30.3 Å². The van der Waals surface area contributed by atoms with E-state index in [-0.39, 0.29) is 5.78 Å². The predicted octanol–water partition coefficient (Wildman–Crippen LogP) is 2.51. The minimum absolute atomic E-state index is 0.249. The summed E-state index contributed by atoms with van der Waals surface area (Å²) in [6, 6.07) is 9.81. The molecule has 19 heavy (non-hydrogen) atoms. The lowest BCUT2D eigenvalue weighted by atomic mass is 10.2. The molecular formula is C13H16N4OS. The van der Waals surface area contributed by atoms with Gasteiger partial charge in [0, 0.05) is 12.2 Å². The third-order valence-corrected chi connectivity index (χ3v) is 3.60. The Morgan fingerprint density at radius 1 is 1.26 bits per heavy atom. The number of tetrazole rings is 1. The van der Waals surface area contributed by atoms with Crippen LogP contribution in [-0.2, 0) is 4.79 Å². The van der Waals surface area contributed by atoms with Gasteiger partial charge in [-0.3, -0.25) is 0 Å². The van der Waals surface area contributed by atoms with Crippen molar-refractivity contribution in [1.29, 1.82) is 0 Å². The molecule has 0 saturated carbocycles. The van der Waals surface area contributed by atoms with Crippen LogP contribution in [0.4, 0.5) is 0 Å². The zero-order valence-electron chi connectivity index (χ0n) is 10.8. The first-order chi connectivity index (χ1) is 9.27. The Morgan fingerprint density at radius 3 is 2.79 bits per heavy atom. The Balaban J connectivity index is 1.88. The zero-order chi connectivity index (χ0) is 13.5. The van der Waals surface area contributed by atoms with Crippen LogP contribution < -0.4 is 0 Å². The molecule has 0 spiro atoms. The van der Waals surface area contributed by atoms with Gasteiger partial charge in [0.1, 0.15) is 5.78 Å². The summed E-state index contributed by atoms with van der Waals surface area (Å²) >= 11 is 1.62. The van der Waals surface area contributed by atoms with Crippen LogP contribution in [0, 0.1) is 0 Å². The van der Waals surface area contributed by atoms with Crippen LogP contribution in [0.15, 0.2) is 35.5 Å². The third kappa shape index (κ3) is 4.17. The molecule has 2 rings (SSSR count). The molecule has 1 heterocycles. The molecule has 0 atom stereocenters. The number of rotatable bonds is 7. The van der Waals surface area contributed by atoms with Gasteiger partial charge in [-0.15, -0.1) is 5.10 Å². The number of hydrogen-bond acceptors (Lipinski definition) is 5. The summed E-state index contributed by atoms with van der Waals surface area (Å²) in [6.07, 6.45) is 2.57. The molecule has 0 aliphatic heterocycles. The van der Waals surface area contributed by atoms with Gasteiger partial charge >= 0.3 is 0 Å². The number of benzene rings is 1. The number of aromatic nitrogens is 4. The van der Waals surface area contributed by atoms with Crippen LogP contribution in [0.2, 0.25) is 0 Å². The number of carbonyl (C=O) groups is 1. The highest BCUT2D eigenvalue weighted by Gasteiger charge is 2.08. The Morgan fingerprint density at radius 2 is 2.05 bits per heavy atom. The summed E-state index contributed by atoms with van der Waals surface area (Å²) < 4.78 is 1.73. The number of para-hydroxylation sites is 1. The number of hydrogen-bond donors (Lipinski definition) is 0. The maximum atomic E-state index is 10.8. The molecule has 0 N–H and O–H groups in total. The topological polar surface area (TPSA) is 60.7 Å². The molecule has 0 saturated heterocycles. The fourth-order valence-corrected chi connectivity index (χ4v) is 2.53. The molecule has 0 amide bonds. The highest BCUT2D eigenvalue weighted by atomic mass is 32.2. The maximum Gasteiger partial charge on any atom is 0.214 e. The van der Waals surface area contributed by atoms with E-state index in [1.54, 1.807) is 23.4 Å². The largest absolute Gasteiger partial charge is 0.300 e. The van der Waals surface area contributed by atoms with Gasteiger partial charge in [0.2, 0.25) is 5.16 Å². The van der Waals surface area contributed by atoms with Crippen molar-refractivity contribution in [2.45, 2.75) is 31.3 Å². The molecule has 2 aromatic rings. The van der Waals surface area contributed by atoms with E-state index in [0.29, 0.717) is 6.42 Å². The highest BCUT2D eigenvalue weighted by Crippen LogP contribution is 2.19. The molecule has 0 unspecified atom stereocenters. The molecule has 0 aliphatic carbocycles. The van der Waals surface area contributed by atoms with Crippen LogP contribution in [0.3, 0.4) is 0 Å². The van der Waals surface area contributed by atoms with Crippen molar-refractivity contribution < 1.29 is 4.79 Å². The van der Waals surface area contributed by atoms with Gasteiger partial charge in [0.15, 0.2) is 0 Å². The Hall–Kier alpha value is -1.69. The molecule has 100 valence electrons. The molecule has 0 bridgehead atoms. The van der Waals surface area contributed by atoms with E-state index in [4.69, 9.17) is 0 Å². The van der Waals surface area contributed by atoms with Crippen LogP contribution in [0.5, 0.6) is 0 Å². The molecule has 1 aromatic carbocycles. The molecular weight excluding hydrogens is 260 g/mol. The molecule has 0 fully saturated rings. The average molecular weight is 276 g/mol. The van der Waals surface area contributed by atoms with Crippen LogP contribution >= 0.6 is 11.8 Å². The Labute approximate surface area is 116 Å². The van der Waals surface area contributed by atoms with Gasteiger partial charge < -0.3 is 4.79 Å². The smallest absolute Gasteiger partial charge is 0.214 e. The van der Waals surface area contributed by atoms with Crippen molar-refractivity contribution in [2.24, 2.45) is 0 Å². The summed E-state index contributed by atoms with van der Waals surface area (Å²) in [4.78, 5) is 10.8. The van der Waals surface area contributed by atoms with Crippen LogP contribution in [0.1, 0.15) is 26.2 Å². The Kier molecular flexibility index (Phi) is 5.09. The normalized spacial score (nSPS) is 10.6. The monoisotopic (exact) mass is 276 g/mol. The van der Waals surface area contributed by atoms with Gasteiger partial charge in [-0.2, -0.15) is 4.68 Å². The molecule has 1 aromatic heterocycles. The quantitative estimate of drug-likeness (QED) is 0.574. The minimum Gasteiger partial charge on any atom is -0.300 e. The first kappa shape index (κ1) is 13.7. The van der Waals surface area contributed by atoms with E-state index in [0.717, 1.165) is 29.4 Å². The number of carbonyl (C=O) groups excluding carboxylic acids is 1. The summed E-state index contributed by atoms with van der Waals surface area (Å²) in [6.45, 7) is 1.63. The first-order valence-corrected chi connectivity index (χ1v) is 7.22. The van der Waals surface area contributed by atoms with E-state index in [1.165, 1.54) is 0 Å². The van der Waals surface area contributed by atoms with Gasteiger partial charge in [-0.05, 0) is 42.3 Å². The second-order valence-electron chi connectivity index (χ2n) is 4.22. The average Bonchev–Trinajstić information content (AvgIpc) is 2.87. The highest BCUT2D eigenvalue weighted by molar-refractivity contribution is 7.99. The lowest BCUT2D eigenvalue weighted by Crippen LogP contribution is -1.99. The minimum atomic E-state index is 0.249. The summed E-state index contributed by atoms with van der Waals surface area (Å²) in [5.74, 6) is 1.17. The fourth-order valence-electron chi connectivity index (χ4n) is 1.64. The van der Waals surface area contributed by atoms with Crippen molar-refractivity contribution in [3.63, 3.8) is 0 Å². The third-order valence-electron chi connectivity index (χ3n) is 2.60. The molecule has 0 aliphatic rings. The van der Waals surface area contributed by atoms with E-state index in [1.807, 2.05) is 30.3 Å². The lowest BCUT2D eigenvalue weighted by molar-refractivity contribution is -0.117. The summed E-state index contributed by atoms with van der Waals surface area (Å²) in [5.41, 5.74) is 0.957. The van der Waals surface area contributed by atoms with Gasteiger partial charge in [0.25, 0.3) is 0 Å².